The van der Waals surface area contributed by atoms with Gasteiger partial charge in [-0.2, -0.15) is 0 Å². The molecule has 0 aliphatic carbocycles. The summed E-state index contributed by atoms with van der Waals surface area (Å²) >= 11 is 0. The fourth-order valence-corrected chi connectivity index (χ4v) is 2.13. The third-order valence-electron chi connectivity index (χ3n) is 2.84. The van der Waals surface area contributed by atoms with Crippen LogP contribution >= 0.6 is 0 Å². The molecule has 5 heteroatoms. The molecule has 1 N–H and O–H groups in total. The lowest BCUT2D eigenvalue weighted by Gasteiger charge is -2.37. The lowest BCUT2D eigenvalue weighted by atomic mass is 10.1. The lowest BCUT2D eigenvalue weighted by molar-refractivity contribution is 0.00881. The average molecular weight is 228 g/mol. The quantitative estimate of drug-likeness (QED) is 0.659. The van der Waals surface area contributed by atoms with Gasteiger partial charge >= 0.3 is 6.09 Å². The SMILES string of the molecule is CC(C)(C)OC(=O)N1CCN[C@@H]2COC[C@@H]21. The molecule has 0 spiro atoms. The Morgan fingerprint density at radius 2 is 2.19 bits per heavy atom. The third kappa shape index (κ3) is 2.47. The molecule has 0 unspecified atom stereocenters. The molecule has 92 valence electrons. The molecule has 2 aliphatic rings. The zero-order chi connectivity index (χ0) is 11.8. The summed E-state index contributed by atoms with van der Waals surface area (Å²) in [6.45, 7) is 8.45. The maximum atomic E-state index is 12.0. The van der Waals surface area contributed by atoms with Gasteiger partial charge in [0, 0.05) is 13.1 Å². The van der Waals surface area contributed by atoms with Gasteiger partial charge in [-0.3, -0.25) is 4.90 Å². The van der Waals surface area contributed by atoms with E-state index in [1.54, 1.807) is 4.90 Å². The summed E-state index contributed by atoms with van der Waals surface area (Å²) in [7, 11) is 0. The summed E-state index contributed by atoms with van der Waals surface area (Å²) in [6, 6.07) is 0.393. The first-order chi connectivity index (χ1) is 7.47. The van der Waals surface area contributed by atoms with E-state index in [0.717, 1.165) is 6.54 Å². The summed E-state index contributed by atoms with van der Waals surface area (Å²) in [5, 5.41) is 3.35. The monoisotopic (exact) mass is 228 g/mol. The van der Waals surface area contributed by atoms with Crippen LogP contribution in [0, 0.1) is 0 Å². The first kappa shape index (κ1) is 11.7. The second-order valence-corrected chi connectivity index (χ2v) is 5.34. The minimum absolute atomic E-state index is 0.128. The molecule has 16 heavy (non-hydrogen) atoms. The second kappa shape index (κ2) is 4.22. The number of rotatable bonds is 0. The zero-order valence-corrected chi connectivity index (χ0v) is 10.2. The Kier molecular flexibility index (Phi) is 3.08. The predicted molar refractivity (Wildman–Crippen MR) is 59.3 cm³/mol. The Bertz CT molecular complexity index is 275. The van der Waals surface area contributed by atoms with Gasteiger partial charge in [0.2, 0.25) is 0 Å². The molecule has 2 fully saturated rings. The highest BCUT2D eigenvalue weighted by Crippen LogP contribution is 2.19. The molecule has 0 bridgehead atoms. The highest BCUT2D eigenvalue weighted by molar-refractivity contribution is 5.69. The maximum absolute atomic E-state index is 12.0. The van der Waals surface area contributed by atoms with Gasteiger partial charge in [0.05, 0.1) is 25.3 Å². The number of amides is 1. The number of hydrogen-bond donors (Lipinski definition) is 1. The van der Waals surface area contributed by atoms with Crippen molar-refractivity contribution >= 4 is 6.09 Å². The summed E-state index contributed by atoms with van der Waals surface area (Å²) in [6.07, 6.45) is -0.227. The van der Waals surface area contributed by atoms with Gasteiger partial charge in [-0.25, -0.2) is 4.79 Å². The van der Waals surface area contributed by atoms with E-state index in [9.17, 15) is 4.79 Å². The van der Waals surface area contributed by atoms with Gasteiger partial charge in [0.1, 0.15) is 5.60 Å². The Hall–Kier alpha value is -0.810. The van der Waals surface area contributed by atoms with Gasteiger partial charge in [-0.15, -0.1) is 0 Å². The first-order valence-corrected chi connectivity index (χ1v) is 5.78. The average Bonchev–Trinajstić information content (AvgIpc) is 2.61. The Morgan fingerprint density at radius 1 is 1.44 bits per heavy atom. The largest absolute Gasteiger partial charge is 0.444 e. The maximum Gasteiger partial charge on any atom is 0.410 e. The minimum Gasteiger partial charge on any atom is -0.444 e. The molecule has 2 rings (SSSR count). The molecule has 5 nitrogen and oxygen atoms in total. The van der Waals surface area contributed by atoms with E-state index in [4.69, 9.17) is 9.47 Å². The number of carbonyl (C=O) groups excluding carboxylic acids is 1. The van der Waals surface area contributed by atoms with Gasteiger partial charge in [0.15, 0.2) is 0 Å². The van der Waals surface area contributed by atoms with E-state index in [1.807, 2.05) is 20.8 Å². The summed E-state index contributed by atoms with van der Waals surface area (Å²) in [5.74, 6) is 0. The molecular formula is C11H20N2O3. The molecule has 0 saturated carbocycles. The summed E-state index contributed by atoms with van der Waals surface area (Å²) < 4.78 is 10.8. The van der Waals surface area contributed by atoms with Crippen molar-refractivity contribution in [1.29, 1.82) is 0 Å². The van der Waals surface area contributed by atoms with Crippen molar-refractivity contribution < 1.29 is 14.3 Å². The Morgan fingerprint density at radius 3 is 2.88 bits per heavy atom. The van der Waals surface area contributed by atoms with Crippen LogP contribution in [-0.2, 0) is 9.47 Å². The van der Waals surface area contributed by atoms with Crippen molar-refractivity contribution in [3.05, 3.63) is 0 Å². The Balaban J connectivity index is 2.00. The highest BCUT2D eigenvalue weighted by atomic mass is 16.6. The molecular weight excluding hydrogens is 208 g/mol. The van der Waals surface area contributed by atoms with Crippen LogP contribution in [0.25, 0.3) is 0 Å². The molecule has 0 radical (unpaired) electrons. The van der Waals surface area contributed by atoms with Crippen LogP contribution in [0.1, 0.15) is 20.8 Å². The second-order valence-electron chi connectivity index (χ2n) is 5.34. The highest BCUT2D eigenvalue weighted by Gasteiger charge is 2.39. The molecule has 0 aromatic rings. The van der Waals surface area contributed by atoms with Crippen LogP contribution < -0.4 is 5.32 Å². The van der Waals surface area contributed by atoms with Gasteiger partial charge in [0.25, 0.3) is 0 Å². The van der Waals surface area contributed by atoms with Crippen molar-refractivity contribution in [2.45, 2.75) is 38.5 Å². The van der Waals surface area contributed by atoms with E-state index < -0.39 is 5.60 Å². The Labute approximate surface area is 96.1 Å². The van der Waals surface area contributed by atoms with E-state index in [-0.39, 0.29) is 18.2 Å². The van der Waals surface area contributed by atoms with Crippen molar-refractivity contribution in [2.75, 3.05) is 26.3 Å². The van der Waals surface area contributed by atoms with Crippen LogP contribution in [0.5, 0.6) is 0 Å². The number of carbonyl (C=O) groups is 1. The topological polar surface area (TPSA) is 50.8 Å². The molecule has 0 aromatic heterocycles. The number of nitrogens with zero attached hydrogens (tertiary/aromatic N) is 1. The van der Waals surface area contributed by atoms with Gasteiger partial charge in [-0.1, -0.05) is 0 Å². The van der Waals surface area contributed by atoms with Crippen molar-refractivity contribution in [1.82, 2.24) is 10.2 Å². The normalized spacial score (nSPS) is 30.1. The standard InChI is InChI=1S/C11H20N2O3/c1-11(2,3)16-10(14)13-5-4-12-8-6-15-7-9(8)13/h8-9,12H,4-7H2,1-3H3/t8-,9+/m1/s1. The number of ether oxygens (including phenoxy) is 2. The molecule has 0 aromatic carbocycles. The molecule has 1 amide bonds. The zero-order valence-electron chi connectivity index (χ0n) is 10.2. The summed E-state index contributed by atoms with van der Waals surface area (Å²) in [5.41, 5.74) is -0.434. The number of fused-ring (bicyclic) bond motifs is 1. The first-order valence-electron chi connectivity index (χ1n) is 5.78. The molecule has 2 aliphatic heterocycles. The molecule has 2 heterocycles. The van der Waals surface area contributed by atoms with E-state index in [0.29, 0.717) is 19.8 Å². The number of piperazine rings is 1. The lowest BCUT2D eigenvalue weighted by Crippen LogP contribution is -2.59. The molecule has 2 saturated heterocycles. The van der Waals surface area contributed by atoms with Gasteiger partial charge in [-0.05, 0) is 20.8 Å². The number of hydrogen-bond acceptors (Lipinski definition) is 4. The van der Waals surface area contributed by atoms with Gasteiger partial charge < -0.3 is 14.8 Å². The van der Waals surface area contributed by atoms with Crippen LogP contribution in [0.2, 0.25) is 0 Å². The van der Waals surface area contributed by atoms with Crippen LogP contribution in [0.15, 0.2) is 0 Å². The van der Waals surface area contributed by atoms with E-state index in [2.05, 4.69) is 5.32 Å². The predicted octanol–water partition coefficient (Wildman–Crippen LogP) is 0.594. The van der Waals surface area contributed by atoms with Crippen molar-refractivity contribution in [2.24, 2.45) is 0 Å². The summed E-state index contributed by atoms with van der Waals surface area (Å²) in [4.78, 5) is 13.8. The van der Waals surface area contributed by atoms with Crippen molar-refractivity contribution in [3.8, 4) is 0 Å². The fraction of sp³-hybridized carbons (Fsp3) is 0.909. The van der Waals surface area contributed by atoms with Crippen LogP contribution in [-0.4, -0.2) is 55.0 Å². The van der Waals surface area contributed by atoms with E-state index >= 15 is 0 Å². The number of nitrogens with one attached hydrogen (secondary N) is 1. The van der Waals surface area contributed by atoms with E-state index in [1.165, 1.54) is 0 Å². The van der Waals surface area contributed by atoms with Crippen LogP contribution in [0.4, 0.5) is 4.79 Å². The van der Waals surface area contributed by atoms with Crippen LogP contribution in [0.3, 0.4) is 0 Å². The smallest absolute Gasteiger partial charge is 0.410 e. The third-order valence-corrected chi connectivity index (χ3v) is 2.84. The molecule has 2 atom stereocenters. The van der Waals surface area contributed by atoms with Crippen molar-refractivity contribution in [3.63, 3.8) is 0 Å². The fourth-order valence-electron chi connectivity index (χ4n) is 2.13. The minimum atomic E-state index is -0.434.